The first-order valence-corrected chi connectivity index (χ1v) is 42.9. The monoisotopic (exact) mass is 1780 g/mol. The second-order valence-corrected chi connectivity index (χ2v) is 32.8. The summed E-state index contributed by atoms with van der Waals surface area (Å²) in [6.45, 7) is 5.97. The molecule has 46 heteroatoms. The Hall–Kier alpha value is -5.35. The number of ketones is 1. The quantitative estimate of drug-likeness (QED) is 0.0235. The lowest BCUT2D eigenvalue weighted by Crippen LogP contribution is -2.66. The van der Waals surface area contributed by atoms with Gasteiger partial charge in [-0.3, -0.25) is 28.5 Å². The van der Waals surface area contributed by atoms with Crippen molar-refractivity contribution in [2.75, 3.05) is 58.6 Å². The lowest BCUT2D eigenvalue weighted by atomic mass is 9.96. The van der Waals surface area contributed by atoms with E-state index in [0.717, 1.165) is 70.2 Å². The van der Waals surface area contributed by atoms with Crippen LogP contribution >= 0.6 is 11.8 Å². The van der Waals surface area contributed by atoms with Gasteiger partial charge in [-0.15, -0.1) is 10.2 Å². The molecule has 3 amide bonds. The Balaban J connectivity index is 0.000000211. The van der Waals surface area contributed by atoms with Gasteiger partial charge in [0.15, 0.2) is 37.7 Å². The molecule has 8 fully saturated rings. The minimum Gasteiger partial charge on any atom is -0.394 e. The minimum absolute atomic E-state index is 0.0510. The Morgan fingerprint density at radius 3 is 1.22 bits per heavy atom. The number of aromatic nitrogens is 6. The number of hydrogen-bond acceptors (Lipinski definition) is 41. The zero-order chi connectivity index (χ0) is 89.5. The first-order chi connectivity index (χ1) is 59.0. The number of thioether (sulfide) groups is 1. The summed E-state index contributed by atoms with van der Waals surface area (Å²) < 4.78 is 69.2. The van der Waals surface area contributed by atoms with E-state index in [4.69, 9.17) is 56.8 Å². The number of nitrogens with one attached hydrogen (secondary N) is 3. The normalized spacial score (nSPS) is 36.9. The molecule has 123 heavy (non-hydrogen) atoms. The smallest absolute Gasteiger partial charge is 0.251 e. The van der Waals surface area contributed by atoms with Crippen molar-refractivity contribution >= 4 is 35.3 Å². The van der Waals surface area contributed by atoms with E-state index in [1.807, 2.05) is 39.5 Å². The average molecular weight is 1780 g/mol. The SMILES string of the molecule is CCCCCO[C@@H]1OC(CO)[C@@H](O[C@@H]2OC(CO)[C@H](O[C@@H]3OC(CO)[C@H](O)[C@H](O)C3O)[C@H](O)C2O)[C@H](O)C1O.CCCCO[C@@H]1OC(CO)[C@@H](O[C@@H]2OC(CO)[C@H](O[C@@H]3OC(CO)[C@H](O)[C@H](O)C3O)[C@H](O)C2O)[C@H](O)C1O.CCCn1cc(CNC(=O)c2cc(CC(=O)CCCC[C@H]3SC[C@H]4CC(=O)N[C@H]43)cc(C(=O)NCc3cn(CCC)nn3)c2)nn1. The molecule has 0 saturated carbocycles. The molecule has 45 nitrogen and oxygen atoms in total. The van der Waals surface area contributed by atoms with Gasteiger partial charge in [0.25, 0.3) is 11.8 Å². The van der Waals surface area contributed by atoms with Crippen LogP contribution in [0.4, 0.5) is 0 Å². The van der Waals surface area contributed by atoms with E-state index >= 15 is 0 Å². The molecular weight excluding hydrogens is 1660 g/mol. The highest BCUT2D eigenvalue weighted by atomic mass is 32.2. The zero-order valence-corrected chi connectivity index (χ0v) is 69.7. The molecule has 8 aliphatic heterocycles. The summed E-state index contributed by atoms with van der Waals surface area (Å²) in [5.41, 5.74) is 2.44. The van der Waals surface area contributed by atoms with Crippen molar-refractivity contribution in [1.29, 1.82) is 0 Å². The second-order valence-electron chi connectivity index (χ2n) is 31.5. The van der Waals surface area contributed by atoms with Gasteiger partial charge in [-0.2, -0.15) is 11.8 Å². The number of aliphatic hydroxyl groups excluding tert-OH is 20. The molecule has 1 aromatic carbocycles. The van der Waals surface area contributed by atoms with Crippen LogP contribution in [0.2, 0.25) is 0 Å². The largest absolute Gasteiger partial charge is 0.394 e. The standard InChI is InChI=1S/C32H43N9O4S.C23H42O16.C22H40O16/c1-3-9-40-18-25(36-38-40)16-33-31(44)22-11-21(12-23(14-22)32(45)34-17-26-19-41(10-4-2)39-37-26)13-27(42)7-5-6-8-28-30-24(20-46-28)15-29(43)35-30;1-2-3-4-5-34-21-17(32)14(29)19(10(7-25)36-21)39-23-18(33)15(30)20(11(8-26)37-23)38-22-16(31)13(28)12(27)9(6-24)35-22;1-2-3-4-33-20-16(31)13(28)18(9(6-24)35-20)38-22-17(32)14(29)19(10(7-25)36-22)37-21-15(30)12(27)11(26)8(5-23)34-21/h11-12,14,18-19,24,28,30H,3-10,13,15-17,20H2,1-2H3,(H,33,44)(H,34,45)(H,35,43);9-33H,2-8H2,1H3;8-32H,2-7H2,1H3/t24-,28-,30-;9?,10?,11?,12-,13-,14+,15+,16?,17?,18?,19+,20-,21+,22-,23-;8?,9?,10?,11-,12-,13+,14+,15?,16?,17?,18+,19-,20+,21-,22-/m100/s1. The van der Waals surface area contributed by atoms with E-state index in [0.29, 0.717) is 53.8 Å². The number of rotatable bonds is 40. The highest BCUT2D eigenvalue weighted by Gasteiger charge is 2.57. The summed E-state index contributed by atoms with van der Waals surface area (Å²) in [5.74, 6) is 0.911. The van der Waals surface area contributed by atoms with E-state index < -0.39 is 224 Å². The number of unbranched alkanes of at least 4 members (excludes halogenated alkanes) is 4. The van der Waals surface area contributed by atoms with E-state index in [-0.39, 0.29) is 73.4 Å². The molecule has 8 aliphatic rings. The lowest BCUT2D eigenvalue weighted by molar-refractivity contribution is -0.379. The number of benzene rings is 1. The number of aliphatic hydroxyl groups is 20. The van der Waals surface area contributed by atoms with E-state index in [9.17, 15) is 121 Å². The van der Waals surface area contributed by atoms with Crippen LogP contribution < -0.4 is 16.0 Å². The van der Waals surface area contributed by atoms with E-state index in [2.05, 4.69) is 36.6 Å². The predicted octanol–water partition coefficient (Wildman–Crippen LogP) is -8.27. The third-order valence-electron chi connectivity index (χ3n) is 22.2. The molecule has 11 rings (SSSR count). The lowest BCUT2D eigenvalue weighted by Gasteiger charge is -2.48. The summed E-state index contributed by atoms with van der Waals surface area (Å²) in [5, 5.41) is 229. The fraction of sp³-hybridized carbons (Fsp3) is 0.818. The van der Waals surface area contributed by atoms with Crippen molar-refractivity contribution in [3.05, 3.63) is 58.7 Å². The fourth-order valence-electron chi connectivity index (χ4n) is 15.3. The maximum Gasteiger partial charge on any atom is 0.251 e. The Kier molecular flexibility index (Phi) is 40.8. The molecule has 0 radical (unpaired) electrons. The Bertz CT molecular complexity index is 3580. The molecule has 23 N–H and O–H groups in total. The summed E-state index contributed by atoms with van der Waals surface area (Å²) in [6, 6.07) is 5.14. The molecule has 33 atom stereocenters. The number of aryl methyl sites for hydroxylation is 2. The van der Waals surface area contributed by atoms with Crippen LogP contribution in [0.3, 0.4) is 0 Å². The molecular formula is C77H125N9O36S. The van der Waals surface area contributed by atoms with Crippen LogP contribution in [0.1, 0.15) is 142 Å². The number of carbonyl (C=O) groups excluding carboxylic acids is 4. The van der Waals surface area contributed by atoms with Crippen LogP contribution in [0.15, 0.2) is 30.6 Å². The molecule has 8 saturated heterocycles. The van der Waals surface area contributed by atoms with Gasteiger partial charge in [0.2, 0.25) is 5.91 Å². The molecule has 0 bridgehead atoms. The number of amides is 3. The van der Waals surface area contributed by atoms with Gasteiger partial charge in [0.1, 0.15) is 164 Å². The highest BCUT2D eigenvalue weighted by Crippen LogP contribution is 2.41. The molecule has 0 aliphatic carbocycles. The second kappa shape index (κ2) is 49.4. The number of carbonyl (C=O) groups is 4. The van der Waals surface area contributed by atoms with Crippen molar-refractivity contribution < 1.29 is 178 Å². The van der Waals surface area contributed by atoms with Crippen molar-refractivity contribution in [3.8, 4) is 0 Å². The summed E-state index contributed by atoms with van der Waals surface area (Å²) in [6.07, 6.45) is -34.4. The van der Waals surface area contributed by atoms with Crippen LogP contribution in [0.25, 0.3) is 0 Å². The van der Waals surface area contributed by atoms with Crippen molar-refractivity contribution in [1.82, 2.24) is 45.9 Å². The molecule has 12 unspecified atom stereocenters. The molecule has 0 spiro atoms. The van der Waals surface area contributed by atoms with E-state index in [1.165, 1.54) is 6.07 Å². The van der Waals surface area contributed by atoms with Crippen LogP contribution in [-0.4, -0.2) is 410 Å². The van der Waals surface area contributed by atoms with Crippen LogP contribution in [0, 0.1) is 5.92 Å². The number of nitrogens with zero attached hydrogens (tertiary/aromatic N) is 6. The average Bonchev–Trinajstić information content (AvgIpc) is 1.63. The van der Waals surface area contributed by atoms with Gasteiger partial charge in [0.05, 0.1) is 65.1 Å². The summed E-state index contributed by atoms with van der Waals surface area (Å²) in [4.78, 5) is 51.2. The molecule has 700 valence electrons. The molecule has 10 heterocycles. The third kappa shape index (κ3) is 26.7. The minimum atomic E-state index is -1.88. The molecule has 2 aromatic heterocycles. The zero-order valence-electron chi connectivity index (χ0n) is 68.9. The van der Waals surface area contributed by atoms with Gasteiger partial charge in [0, 0.05) is 68.0 Å². The first-order valence-electron chi connectivity index (χ1n) is 41.9. The maximum absolute atomic E-state index is 13.2. The molecule has 3 aromatic rings. The number of ether oxygens (including phenoxy) is 12. The first kappa shape index (κ1) is 101. The van der Waals surface area contributed by atoms with Crippen LogP contribution in [0.5, 0.6) is 0 Å². The van der Waals surface area contributed by atoms with Gasteiger partial charge in [-0.05, 0) is 74.0 Å². The summed E-state index contributed by atoms with van der Waals surface area (Å²) >= 11 is 1.93. The third-order valence-corrected chi connectivity index (χ3v) is 23.8. The van der Waals surface area contributed by atoms with E-state index in [1.54, 1.807) is 33.9 Å². The van der Waals surface area contributed by atoms with Gasteiger partial charge >= 0.3 is 0 Å². The summed E-state index contributed by atoms with van der Waals surface area (Å²) in [7, 11) is 0. The van der Waals surface area contributed by atoms with Gasteiger partial charge in [-0.25, -0.2) is 0 Å². The van der Waals surface area contributed by atoms with Crippen molar-refractivity contribution in [2.45, 2.75) is 333 Å². The van der Waals surface area contributed by atoms with Gasteiger partial charge in [-0.1, -0.05) is 63.8 Å². The Morgan fingerprint density at radius 2 is 0.829 bits per heavy atom. The Morgan fingerprint density at radius 1 is 0.455 bits per heavy atom. The topological polar surface area (TPSA) is 681 Å². The number of hydrogen-bond donors (Lipinski definition) is 23. The number of Topliss-reactive ketones (excluding diaryl/α,β-unsaturated/α-hetero) is 1. The van der Waals surface area contributed by atoms with Crippen molar-refractivity contribution in [3.63, 3.8) is 0 Å². The van der Waals surface area contributed by atoms with Crippen molar-refractivity contribution in [2.24, 2.45) is 5.92 Å². The Labute approximate surface area is 712 Å². The van der Waals surface area contributed by atoms with Crippen LogP contribution in [-0.2, 0) is 99.0 Å². The predicted molar refractivity (Wildman–Crippen MR) is 417 cm³/mol. The van der Waals surface area contributed by atoms with Gasteiger partial charge < -0.3 is 175 Å². The fourth-order valence-corrected chi connectivity index (χ4v) is 16.9. The highest BCUT2D eigenvalue weighted by molar-refractivity contribution is 8.00. The number of fused-ring (bicyclic) bond motifs is 1. The maximum atomic E-state index is 13.2.